The summed E-state index contributed by atoms with van der Waals surface area (Å²) in [6.45, 7) is 2.16. The Morgan fingerprint density at radius 2 is 2.29 bits per heavy atom. The predicted octanol–water partition coefficient (Wildman–Crippen LogP) is 3.56. The van der Waals surface area contributed by atoms with E-state index in [2.05, 4.69) is 46.1 Å². The average molecular weight is 309 g/mol. The van der Waals surface area contributed by atoms with Gasteiger partial charge < -0.3 is 4.90 Å². The predicted molar refractivity (Wildman–Crippen MR) is 75.3 cm³/mol. The zero-order chi connectivity index (χ0) is 11.8. The van der Waals surface area contributed by atoms with Crippen molar-refractivity contribution < 1.29 is 0 Å². The van der Waals surface area contributed by atoms with Crippen LogP contribution in [0.15, 0.2) is 28.7 Å². The number of hydrogen-bond donors (Lipinski definition) is 0. The van der Waals surface area contributed by atoms with Crippen molar-refractivity contribution in [1.29, 1.82) is 0 Å². The SMILES string of the molecule is CN1CCc2nc(-c3cccc(Br)c3)sc2C1. The summed E-state index contributed by atoms with van der Waals surface area (Å²) in [5.74, 6) is 0. The molecule has 0 aliphatic carbocycles. The fourth-order valence-corrected chi connectivity index (χ4v) is 3.65. The molecule has 0 saturated carbocycles. The summed E-state index contributed by atoms with van der Waals surface area (Å²) < 4.78 is 1.11. The first-order valence-electron chi connectivity index (χ1n) is 5.65. The molecule has 2 aromatic rings. The van der Waals surface area contributed by atoms with Gasteiger partial charge >= 0.3 is 0 Å². The molecule has 2 heterocycles. The van der Waals surface area contributed by atoms with E-state index in [1.807, 2.05) is 17.4 Å². The number of nitrogens with zero attached hydrogens (tertiary/aromatic N) is 2. The van der Waals surface area contributed by atoms with Crippen LogP contribution in [0.1, 0.15) is 10.6 Å². The number of likely N-dealkylation sites (N-methyl/N-ethyl adjacent to an activating group) is 1. The van der Waals surface area contributed by atoms with Gasteiger partial charge in [-0.05, 0) is 19.2 Å². The second-order valence-corrected chi connectivity index (χ2v) is 6.39. The lowest BCUT2D eigenvalue weighted by Crippen LogP contribution is -2.25. The molecule has 0 radical (unpaired) electrons. The van der Waals surface area contributed by atoms with Crippen molar-refractivity contribution in [3.05, 3.63) is 39.3 Å². The quantitative estimate of drug-likeness (QED) is 0.801. The lowest BCUT2D eigenvalue weighted by atomic mass is 10.2. The minimum Gasteiger partial charge on any atom is -0.301 e. The largest absolute Gasteiger partial charge is 0.301 e. The molecule has 88 valence electrons. The van der Waals surface area contributed by atoms with Crippen molar-refractivity contribution >= 4 is 27.3 Å². The third-order valence-electron chi connectivity index (χ3n) is 2.99. The molecule has 0 amide bonds. The zero-order valence-corrected chi connectivity index (χ0v) is 12.0. The van der Waals surface area contributed by atoms with Gasteiger partial charge in [0.25, 0.3) is 0 Å². The Kier molecular flexibility index (Phi) is 3.03. The van der Waals surface area contributed by atoms with Crippen LogP contribution >= 0.6 is 27.3 Å². The number of benzene rings is 1. The molecule has 0 spiro atoms. The highest BCUT2D eigenvalue weighted by Gasteiger charge is 2.18. The fraction of sp³-hybridized carbons (Fsp3) is 0.308. The topological polar surface area (TPSA) is 16.1 Å². The number of thiazole rings is 1. The van der Waals surface area contributed by atoms with Crippen LogP contribution in [0, 0.1) is 0 Å². The van der Waals surface area contributed by atoms with E-state index in [4.69, 9.17) is 4.98 Å². The minimum absolute atomic E-state index is 1.04. The van der Waals surface area contributed by atoms with E-state index in [0.717, 1.165) is 29.0 Å². The Morgan fingerprint density at radius 3 is 3.12 bits per heavy atom. The first kappa shape index (κ1) is 11.4. The summed E-state index contributed by atoms with van der Waals surface area (Å²) >= 11 is 5.34. The Morgan fingerprint density at radius 1 is 1.41 bits per heavy atom. The number of aromatic nitrogens is 1. The van der Waals surface area contributed by atoms with Crippen LogP contribution in [0.5, 0.6) is 0 Å². The van der Waals surface area contributed by atoms with E-state index in [1.165, 1.54) is 16.1 Å². The van der Waals surface area contributed by atoms with E-state index in [9.17, 15) is 0 Å². The molecular formula is C13H13BrN2S. The van der Waals surface area contributed by atoms with Gasteiger partial charge in [0, 0.05) is 34.4 Å². The summed E-state index contributed by atoms with van der Waals surface area (Å²) in [5, 5.41) is 1.14. The highest BCUT2D eigenvalue weighted by molar-refractivity contribution is 9.10. The van der Waals surface area contributed by atoms with Gasteiger partial charge in [0.15, 0.2) is 0 Å². The molecule has 3 rings (SSSR count). The monoisotopic (exact) mass is 308 g/mol. The van der Waals surface area contributed by atoms with Crippen LogP contribution < -0.4 is 0 Å². The number of fused-ring (bicyclic) bond motifs is 1. The van der Waals surface area contributed by atoms with Gasteiger partial charge in [-0.3, -0.25) is 0 Å². The molecule has 2 nitrogen and oxygen atoms in total. The second kappa shape index (κ2) is 4.52. The van der Waals surface area contributed by atoms with E-state index in [-0.39, 0.29) is 0 Å². The Hall–Kier alpha value is -0.710. The summed E-state index contributed by atoms with van der Waals surface area (Å²) in [6, 6.07) is 8.36. The molecule has 17 heavy (non-hydrogen) atoms. The van der Waals surface area contributed by atoms with Crippen molar-refractivity contribution in [2.24, 2.45) is 0 Å². The first-order chi connectivity index (χ1) is 8.22. The van der Waals surface area contributed by atoms with Crippen molar-refractivity contribution in [2.45, 2.75) is 13.0 Å². The highest BCUT2D eigenvalue weighted by Crippen LogP contribution is 2.32. The molecule has 0 atom stereocenters. The van der Waals surface area contributed by atoms with E-state index in [1.54, 1.807) is 0 Å². The summed E-state index contributed by atoms with van der Waals surface area (Å²) in [7, 11) is 2.17. The smallest absolute Gasteiger partial charge is 0.123 e. The van der Waals surface area contributed by atoms with Crippen LogP contribution in [0.25, 0.3) is 10.6 Å². The number of hydrogen-bond acceptors (Lipinski definition) is 3. The molecule has 0 N–H and O–H groups in total. The third-order valence-corrected chi connectivity index (χ3v) is 4.62. The van der Waals surface area contributed by atoms with Crippen molar-refractivity contribution in [2.75, 3.05) is 13.6 Å². The standard InChI is InChI=1S/C13H13BrN2S/c1-16-6-5-11-12(8-16)17-13(15-11)9-3-2-4-10(14)7-9/h2-4,7H,5-6,8H2,1H3. The zero-order valence-electron chi connectivity index (χ0n) is 9.61. The average Bonchev–Trinajstić information content (AvgIpc) is 2.72. The molecule has 0 fully saturated rings. The summed E-state index contributed by atoms with van der Waals surface area (Å²) in [6.07, 6.45) is 1.08. The maximum absolute atomic E-state index is 4.77. The maximum atomic E-state index is 4.77. The fourth-order valence-electron chi connectivity index (χ4n) is 2.07. The van der Waals surface area contributed by atoms with Gasteiger partial charge in [0.05, 0.1) is 5.69 Å². The third kappa shape index (κ3) is 2.30. The van der Waals surface area contributed by atoms with Crippen molar-refractivity contribution in [3.8, 4) is 10.6 Å². The van der Waals surface area contributed by atoms with E-state index in [0.29, 0.717) is 0 Å². The van der Waals surface area contributed by atoms with Crippen LogP contribution in [-0.2, 0) is 13.0 Å². The molecule has 1 aliphatic rings. The Labute approximate surface area is 113 Å². The van der Waals surface area contributed by atoms with Crippen LogP contribution in [-0.4, -0.2) is 23.5 Å². The molecule has 4 heteroatoms. The molecule has 1 aromatic heterocycles. The molecule has 1 aromatic carbocycles. The highest BCUT2D eigenvalue weighted by atomic mass is 79.9. The van der Waals surface area contributed by atoms with Gasteiger partial charge in [-0.25, -0.2) is 4.98 Å². The van der Waals surface area contributed by atoms with Gasteiger partial charge in [-0.15, -0.1) is 11.3 Å². The van der Waals surface area contributed by atoms with Gasteiger partial charge in [-0.1, -0.05) is 28.1 Å². The van der Waals surface area contributed by atoms with Gasteiger partial charge in [0.1, 0.15) is 5.01 Å². The maximum Gasteiger partial charge on any atom is 0.123 e. The number of rotatable bonds is 1. The molecule has 0 saturated heterocycles. The van der Waals surface area contributed by atoms with Crippen LogP contribution in [0.3, 0.4) is 0 Å². The van der Waals surface area contributed by atoms with E-state index < -0.39 is 0 Å². The van der Waals surface area contributed by atoms with Crippen molar-refractivity contribution in [1.82, 2.24) is 9.88 Å². The van der Waals surface area contributed by atoms with Gasteiger partial charge in [0.2, 0.25) is 0 Å². The summed E-state index contributed by atoms with van der Waals surface area (Å²) in [5.41, 5.74) is 2.50. The Bertz CT molecular complexity index is 550. The molecule has 0 bridgehead atoms. The lowest BCUT2D eigenvalue weighted by molar-refractivity contribution is 0.314. The summed E-state index contributed by atoms with van der Waals surface area (Å²) in [4.78, 5) is 8.54. The van der Waals surface area contributed by atoms with Crippen molar-refractivity contribution in [3.63, 3.8) is 0 Å². The number of halogens is 1. The normalized spacial score (nSPS) is 15.9. The molecule has 0 unspecified atom stereocenters. The van der Waals surface area contributed by atoms with E-state index >= 15 is 0 Å². The molecule has 1 aliphatic heterocycles. The van der Waals surface area contributed by atoms with Crippen LogP contribution in [0.2, 0.25) is 0 Å². The Balaban J connectivity index is 2.00. The first-order valence-corrected chi connectivity index (χ1v) is 7.26. The lowest BCUT2D eigenvalue weighted by Gasteiger charge is -2.20. The second-order valence-electron chi connectivity index (χ2n) is 4.39. The minimum atomic E-state index is 1.04. The van der Waals surface area contributed by atoms with Gasteiger partial charge in [-0.2, -0.15) is 0 Å². The molecular weight excluding hydrogens is 296 g/mol. The van der Waals surface area contributed by atoms with Crippen LogP contribution in [0.4, 0.5) is 0 Å².